The molecule has 1 aliphatic rings. The molecule has 0 saturated heterocycles. The fourth-order valence-corrected chi connectivity index (χ4v) is 2.53. The monoisotopic (exact) mass is 297 g/mol. The number of imidazole rings is 1. The van der Waals surface area contributed by atoms with Gasteiger partial charge in [0.05, 0.1) is 12.1 Å². The maximum absolute atomic E-state index is 12.8. The largest absolute Gasteiger partial charge is 0.507 e. The summed E-state index contributed by atoms with van der Waals surface area (Å²) in [6.07, 6.45) is -0.922. The first-order chi connectivity index (χ1) is 9.93. The lowest BCUT2D eigenvalue weighted by Crippen LogP contribution is -2.33. The lowest BCUT2D eigenvalue weighted by molar-refractivity contribution is -0.138. The molecule has 1 aliphatic heterocycles. The second kappa shape index (κ2) is 5.07. The number of aromatic nitrogens is 2. The molecule has 0 unspecified atom stereocenters. The molecule has 0 atom stereocenters. The highest BCUT2D eigenvalue weighted by molar-refractivity contribution is 5.38. The summed E-state index contributed by atoms with van der Waals surface area (Å²) >= 11 is 0. The van der Waals surface area contributed by atoms with Gasteiger partial charge in [0.1, 0.15) is 11.6 Å². The maximum atomic E-state index is 12.8. The Bertz CT molecular complexity index is 651. The van der Waals surface area contributed by atoms with Gasteiger partial charge in [-0.1, -0.05) is 6.07 Å². The smallest absolute Gasteiger partial charge is 0.419 e. The van der Waals surface area contributed by atoms with E-state index < -0.39 is 17.5 Å². The summed E-state index contributed by atoms with van der Waals surface area (Å²) in [7, 11) is 0. The van der Waals surface area contributed by atoms with Crippen molar-refractivity contribution in [3.05, 3.63) is 47.5 Å². The molecule has 0 spiro atoms. The number of rotatable bonds is 2. The van der Waals surface area contributed by atoms with Crippen LogP contribution in [0.3, 0.4) is 0 Å². The lowest BCUT2D eigenvalue weighted by atomic mass is 10.1. The summed E-state index contributed by atoms with van der Waals surface area (Å²) in [5, 5.41) is 9.33. The zero-order valence-corrected chi connectivity index (χ0v) is 11.1. The van der Waals surface area contributed by atoms with Crippen molar-refractivity contribution in [3.8, 4) is 5.75 Å². The van der Waals surface area contributed by atoms with Gasteiger partial charge in [-0.05, 0) is 17.7 Å². The van der Waals surface area contributed by atoms with Crippen molar-refractivity contribution in [2.75, 3.05) is 6.54 Å². The molecule has 1 aromatic carbocycles. The number of hydrogen-bond donors (Lipinski definition) is 1. The Balaban J connectivity index is 1.77. The minimum atomic E-state index is -4.54. The molecule has 2 heterocycles. The van der Waals surface area contributed by atoms with Gasteiger partial charge in [0.25, 0.3) is 0 Å². The van der Waals surface area contributed by atoms with Gasteiger partial charge in [-0.2, -0.15) is 13.2 Å². The van der Waals surface area contributed by atoms with E-state index in [0.717, 1.165) is 31.0 Å². The van der Waals surface area contributed by atoms with Crippen LogP contribution in [0.4, 0.5) is 13.2 Å². The number of fused-ring (bicyclic) bond motifs is 1. The zero-order chi connectivity index (χ0) is 15.0. The Morgan fingerprint density at radius 2 is 2.05 bits per heavy atom. The molecule has 0 amide bonds. The van der Waals surface area contributed by atoms with Crippen LogP contribution in [0, 0.1) is 0 Å². The van der Waals surface area contributed by atoms with Gasteiger partial charge >= 0.3 is 6.18 Å². The third kappa shape index (κ3) is 2.87. The third-order valence-electron chi connectivity index (χ3n) is 3.60. The summed E-state index contributed by atoms with van der Waals surface area (Å²) < 4.78 is 40.4. The van der Waals surface area contributed by atoms with Crippen molar-refractivity contribution in [2.24, 2.45) is 0 Å². The molecule has 112 valence electrons. The van der Waals surface area contributed by atoms with Crippen LogP contribution in [0.2, 0.25) is 0 Å². The van der Waals surface area contributed by atoms with E-state index in [1.165, 1.54) is 6.07 Å². The van der Waals surface area contributed by atoms with Crippen LogP contribution in [0.1, 0.15) is 17.0 Å². The van der Waals surface area contributed by atoms with Crippen LogP contribution in [0.15, 0.2) is 30.6 Å². The van der Waals surface area contributed by atoms with Crippen LogP contribution >= 0.6 is 0 Å². The van der Waals surface area contributed by atoms with Crippen LogP contribution in [0.5, 0.6) is 5.75 Å². The first-order valence-electron chi connectivity index (χ1n) is 6.55. The topological polar surface area (TPSA) is 41.3 Å². The van der Waals surface area contributed by atoms with E-state index in [1.54, 1.807) is 6.20 Å². The molecule has 1 N–H and O–H groups in total. The fraction of sp³-hybridized carbons (Fsp3) is 0.357. The van der Waals surface area contributed by atoms with E-state index in [1.807, 2.05) is 15.7 Å². The van der Waals surface area contributed by atoms with Gasteiger partial charge in [-0.25, -0.2) is 4.98 Å². The normalized spacial score (nSPS) is 16.0. The fourth-order valence-electron chi connectivity index (χ4n) is 2.53. The Morgan fingerprint density at radius 1 is 1.24 bits per heavy atom. The SMILES string of the molecule is Oc1ccc(CN2CCn3ccnc3C2)cc1C(F)(F)F. The van der Waals surface area contributed by atoms with Gasteiger partial charge in [-0.3, -0.25) is 4.90 Å². The maximum Gasteiger partial charge on any atom is 0.419 e. The number of benzene rings is 1. The molecule has 2 aromatic rings. The number of aromatic hydroxyl groups is 1. The van der Waals surface area contributed by atoms with Crippen molar-refractivity contribution in [2.45, 2.75) is 25.8 Å². The zero-order valence-electron chi connectivity index (χ0n) is 11.1. The van der Waals surface area contributed by atoms with Crippen molar-refractivity contribution in [1.29, 1.82) is 0 Å². The summed E-state index contributed by atoms with van der Waals surface area (Å²) in [5.74, 6) is 0.177. The molecule has 0 fully saturated rings. The number of halogens is 3. The van der Waals surface area contributed by atoms with E-state index in [2.05, 4.69) is 4.98 Å². The predicted molar refractivity (Wildman–Crippen MR) is 69.4 cm³/mol. The van der Waals surface area contributed by atoms with Crippen LogP contribution in [0.25, 0.3) is 0 Å². The van der Waals surface area contributed by atoms with Crippen molar-refractivity contribution < 1.29 is 18.3 Å². The van der Waals surface area contributed by atoms with Crippen molar-refractivity contribution >= 4 is 0 Å². The van der Waals surface area contributed by atoms with Crippen molar-refractivity contribution in [3.63, 3.8) is 0 Å². The molecule has 1 aromatic heterocycles. The molecular weight excluding hydrogens is 283 g/mol. The van der Waals surface area contributed by atoms with Crippen LogP contribution in [-0.2, 0) is 25.8 Å². The Labute approximate surface area is 119 Å². The molecule has 3 rings (SSSR count). The second-order valence-corrected chi connectivity index (χ2v) is 5.10. The van der Waals surface area contributed by atoms with E-state index >= 15 is 0 Å². The van der Waals surface area contributed by atoms with E-state index in [0.29, 0.717) is 18.7 Å². The van der Waals surface area contributed by atoms with E-state index in [9.17, 15) is 18.3 Å². The first-order valence-corrected chi connectivity index (χ1v) is 6.55. The van der Waals surface area contributed by atoms with Gasteiger partial charge < -0.3 is 9.67 Å². The van der Waals surface area contributed by atoms with Crippen LogP contribution in [-0.4, -0.2) is 26.1 Å². The van der Waals surface area contributed by atoms with Gasteiger partial charge in [0.2, 0.25) is 0 Å². The summed E-state index contributed by atoms with van der Waals surface area (Å²) in [6, 6.07) is 3.63. The van der Waals surface area contributed by atoms with Gasteiger partial charge in [0.15, 0.2) is 0 Å². The number of phenolic OH excluding ortho intramolecular Hbond substituents is 1. The minimum Gasteiger partial charge on any atom is -0.507 e. The molecule has 0 aliphatic carbocycles. The first kappa shape index (κ1) is 13.9. The third-order valence-corrected chi connectivity index (χ3v) is 3.60. The molecular formula is C14H14F3N3O. The minimum absolute atomic E-state index is 0.399. The molecule has 0 radical (unpaired) electrons. The highest BCUT2D eigenvalue weighted by atomic mass is 19.4. The highest BCUT2D eigenvalue weighted by Gasteiger charge is 2.34. The standard InChI is InChI=1S/C14H14F3N3O/c15-14(16,17)11-7-10(1-2-12(11)21)8-19-5-6-20-4-3-18-13(20)9-19/h1-4,7,21H,5-6,8-9H2. The molecule has 7 heteroatoms. The van der Waals surface area contributed by atoms with Gasteiger partial charge in [0, 0.05) is 32.0 Å². The highest BCUT2D eigenvalue weighted by Crippen LogP contribution is 2.36. The lowest BCUT2D eigenvalue weighted by Gasteiger charge is -2.27. The summed E-state index contributed by atoms with van der Waals surface area (Å²) in [6.45, 7) is 2.54. The number of phenols is 1. The number of alkyl halides is 3. The average molecular weight is 297 g/mol. The van der Waals surface area contributed by atoms with Crippen LogP contribution < -0.4 is 0 Å². The number of nitrogens with zero attached hydrogens (tertiary/aromatic N) is 3. The predicted octanol–water partition coefficient (Wildman–Crippen LogP) is 2.62. The average Bonchev–Trinajstić information content (AvgIpc) is 2.87. The quantitative estimate of drug-likeness (QED) is 0.926. The molecule has 0 saturated carbocycles. The Hall–Kier alpha value is -2.02. The molecule has 0 bridgehead atoms. The number of hydrogen-bond acceptors (Lipinski definition) is 3. The second-order valence-electron chi connectivity index (χ2n) is 5.10. The Kier molecular flexibility index (Phi) is 3.36. The van der Waals surface area contributed by atoms with Gasteiger partial charge in [-0.15, -0.1) is 0 Å². The molecule has 4 nitrogen and oxygen atoms in total. The van der Waals surface area contributed by atoms with Crippen molar-refractivity contribution in [1.82, 2.24) is 14.5 Å². The van der Waals surface area contributed by atoms with E-state index in [4.69, 9.17) is 0 Å². The summed E-state index contributed by atoms with van der Waals surface area (Å²) in [5.41, 5.74) is -0.460. The Morgan fingerprint density at radius 3 is 2.81 bits per heavy atom. The van der Waals surface area contributed by atoms with E-state index in [-0.39, 0.29) is 0 Å². The summed E-state index contributed by atoms with van der Waals surface area (Å²) in [4.78, 5) is 6.26. The molecule has 21 heavy (non-hydrogen) atoms.